The molecule has 0 spiro atoms. The van der Waals surface area contributed by atoms with Gasteiger partial charge in [-0.05, 0) is 49.2 Å². The number of rotatable bonds is 4. The van der Waals surface area contributed by atoms with E-state index >= 15 is 0 Å². The van der Waals surface area contributed by atoms with E-state index in [4.69, 9.17) is 21.2 Å². The van der Waals surface area contributed by atoms with Crippen molar-refractivity contribution in [3.8, 4) is 5.75 Å². The Balaban J connectivity index is 1.56. The number of hydrogen-bond donors (Lipinski definition) is 2. The first-order chi connectivity index (χ1) is 12.1. The number of ether oxygens (including phenoxy) is 1. The third-order valence-electron chi connectivity index (χ3n) is 4.23. The number of nitrogens with one attached hydrogen (secondary N) is 2. The highest BCUT2D eigenvalue weighted by Crippen LogP contribution is 2.30. The van der Waals surface area contributed by atoms with Crippen molar-refractivity contribution >= 4 is 17.4 Å². The van der Waals surface area contributed by atoms with Gasteiger partial charge in [-0.15, -0.1) is 0 Å². The molecule has 0 aliphatic carbocycles. The van der Waals surface area contributed by atoms with E-state index in [9.17, 15) is 0 Å². The third-order valence-corrected chi connectivity index (χ3v) is 4.52. The number of hydroxylamine groups is 1. The van der Waals surface area contributed by atoms with Crippen LogP contribution in [0.4, 0.5) is 0 Å². The minimum atomic E-state index is -0.355. The molecule has 0 fully saturated rings. The molecule has 2 N–H and O–H groups in total. The molecule has 0 aromatic heterocycles. The fourth-order valence-corrected chi connectivity index (χ4v) is 3.25. The Morgan fingerprint density at radius 1 is 1.16 bits per heavy atom. The second-order valence-electron chi connectivity index (χ2n) is 6.49. The van der Waals surface area contributed by atoms with Crippen LogP contribution in [0.5, 0.6) is 5.75 Å². The summed E-state index contributed by atoms with van der Waals surface area (Å²) in [6, 6.07) is 12.0. The Kier molecular flexibility index (Phi) is 4.37. The first-order valence-electron chi connectivity index (χ1n) is 8.38. The minimum Gasteiger partial charge on any atom is -0.489 e. The Labute approximate surface area is 152 Å². The zero-order valence-electron chi connectivity index (χ0n) is 14.2. The second-order valence-corrected chi connectivity index (χ2v) is 6.90. The van der Waals surface area contributed by atoms with Gasteiger partial charge in [-0.1, -0.05) is 23.7 Å². The Hall–Kier alpha value is -2.08. The van der Waals surface area contributed by atoms with Gasteiger partial charge in [0.25, 0.3) is 0 Å². The van der Waals surface area contributed by atoms with E-state index in [2.05, 4.69) is 34.0 Å². The molecule has 0 bridgehead atoms. The van der Waals surface area contributed by atoms with Gasteiger partial charge in [-0.3, -0.25) is 0 Å². The molecule has 0 radical (unpaired) electrons. The van der Waals surface area contributed by atoms with Gasteiger partial charge in [-0.25, -0.2) is 15.3 Å². The van der Waals surface area contributed by atoms with E-state index in [1.807, 2.05) is 32.0 Å². The van der Waals surface area contributed by atoms with Crippen molar-refractivity contribution in [2.75, 3.05) is 0 Å². The monoisotopic (exact) mass is 357 g/mol. The molecule has 5 nitrogen and oxygen atoms in total. The smallest absolute Gasteiger partial charge is 0.202 e. The highest BCUT2D eigenvalue weighted by Gasteiger charge is 2.23. The molecule has 1 unspecified atom stereocenters. The van der Waals surface area contributed by atoms with E-state index in [-0.39, 0.29) is 12.3 Å². The number of fused-ring (bicyclic) bond motifs is 1. The molecule has 2 aromatic rings. The molecule has 0 saturated heterocycles. The molecule has 0 amide bonds. The first kappa shape index (κ1) is 16.4. The van der Waals surface area contributed by atoms with Crippen LogP contribution in [0.25, 0.3) is 0 Å². The number of benzene rings is 2. The molecule has 2 aliphatic heterocycles. The Morgan fingerprint density at radius 2 is 2.00 bits per heavy atom. The van der Waals surface area contributed by atoms with E-state index in [1.165, 1.54) is 11.1 Å². The number of halogens is 1. The molecule has 130 valence electrons. The maximum atomic E-state index is 6.31. The van der Waals surface area contributed by atoms with E-state index in [1.54, 1.807) is 0 Å². The van der Waals surface area contributed by atoms with Gasteiger partial charge in [0.2, 0.25) is 6.23 Å². The third kappa shape index (κ3) is 3.35. The number of hydrogen-bond acceptors (Lipinski definition) is 5. The molecule has 25 heavy (non-hydrogen) atoms. The van der Waals surface area contributed by atoms with Gasteiger partial charge in [0.15, 0.2) is 5.84 Å². The molecule has 2 heterocycles. The summed E-state index contributed by atoms with van der Waals surface area (Å²) in [5, 5.41) is 3.90. The van der Waals surface area contributed by atoms with Crippen LogP contribution in [0.3, 0.4) is 0 Å². The summed E-state index contributed by atoms with van der Waals surface area (Å²) in [6.45, 7) is 5.76. The van der Waals surface area contributed by atoms with Crippen LogP contribution >= 0.6 is 11.6 Å². The van der Waals surface area contributed by atoms with Crippen LogP contribution in [0.2, 0.25) is 5.02 Å². The summed E-state index contributed by atoms with van der Waals surface area (Å²) in [7, 11) is 0. The van der Waals surface area contributed by atoms with E-state index < -0.39 is 0 Å². The van der Waals surface area contributed by atoms with Crippen molar-refractivity contribution in [2.45, 2.75) is 39.3 Å². The van der Waals surface area contributed by atoms with Crippen molar-refractivity contribution in [1.82, 2.24) is 10.8 Å². The maximum Gasteiger partial charge on any atom is 0.202 e. The maximum absolute atomic E-state index is 6.31. The Morgan fingerprint density at radius 3 is 2.80 bits per heavy atom. The fraction of sp³-hybridized carbons (Fsp3) is 0.316. The zero-order chi connectivity index (χ0) is 17.4. The summed E-state index contributed by atoms with van der Waals surface area (Å²) in [5.41, 5.74) is 7.46. The quantitative estimate of drug-likeness (QED) is 0.875. The Bertz CT molecular complexity index is 835. The van der Waals surface area contributed by atoms with Crippen molar-refractivity contribution in [2.24, 2.45) is 4.99 Å². The van der Waals surface area contributed by atoms with Gasteiger partial charge in [0.1, 0.15) is 5.75 Å². The van der Waals surface area contributed by atoms with Gasteiger partial charge in [0, 0.05) is 24.2 Å². The van der Waals surface area contributed by atoms with Crippen molar-refractivity contribution in [3.05, 3.63) is 63.7 Å². The van der Waals surface area contributed by atoms with Gasteiger partial charge in [-0.2, -0.15) is 0 Å². The molecular weight excluding hydrogens is 338 g/mol. The van der Waals surface area contributed by atoms with Crippen LogP contribution in [-0.2, 0) is 17.9 Å². The van der Waals surface area contributed by atoms with Gasteiger partial charge < -0.3 is 10.1 Å². The zero-order valence-corrected chi connectivity index (χ0v) is 14.9. The summed E-state index contributed by atoms with van der Waals surface area (Å²) < 4.78 is 5.67. The topological polar surface area (TPSA) is 54.9 Å². The predicted octanol–water partition coefficient (Wildman–Crippen LogP) is 3.71. The van der Waals surface area contributed by atoms with Gasteiger partial charge >= 0.3 is 0 Å². The molecule has 2 aliphatic rings. The van der Waals surface area contributed by atoms with E-state index in [0.717, 1.165) is 24.2 Å². The molecule has 1 atom stereocenters. The van der Waals surface area contributed by atoms with Crippen LogP contribution in [0.15, 0.2) is 41.4 Å². The molecule has 2 aromatic carbocycles. The lowest BCUT2D eigenvalue weighted by molar-refractivity contribution is 0.0376. The highest BCUT2D eigenvalue weighted by molar-refractivity contribution is 6.32. The number of amidine groups is 1. The van der Waals surface area contributed by atoms with Crippen molar-refractivity contribution < 1.29 is 9.57 Å². The van der Waals surface area contributed by atoms with E-state index in [0.29, 0.717) is 16.6 Å². The summed E-state index contributed by atoms with van der Waals surface area (Å²) in [5.74, 6) is 1.34. The first-order valence-corrected chi connectivity index (χ1v) is 8.76. The SMILES string of the molecule is CC(C)Oc1ccc(C2=NC(c3ccc4c(c3)CNC4)ON2)cc1Cl. The number of nitrogens with zero attached hydrogens (tertiary/aromatic N) is 1. The normalized spacial score (nSPS) is 18.9. The molecule has 4 rings (SSSR count). The van der Waals surface area contributed by atoms with Crippen molar-refractivity contribution in [1.29, 1.82) is 0 Å². The lowest BCUT2D eigenvalue weighted by atomic mass is 10.1. The predicted molar refractivity (Wildman–Crippen MR) is 97.7 cm³/mol. The van der Waals surface area contributed by atoms with Crippen LogP contribution in [0, 0.1) is 0 Å². The standard InChI is InChI=1S/C19H20ClN3O2/c1-11(2)24-17-6-5-12(8-16(17)20)18-22-19(25-23-18)13-3-4-14-9-21-10-15(14)7-13/h3-8,11,19,21H,9-10H2,1-2H3,(H,22,23). The highest BCUT2D eigenvalue weighted by atomic mass is 35.5. The lowest BCUT2D eigenvalue weighted by Gasteiger charge is -2.12. The van der Waals surface area contributed by atoms with Crippen LogP contribution in [-0.4, -0.2) is 11.9 Å². The summed E-state index contributed by atoms with van der Waals surface area (Å²) >= 11 is 6.31. The van der Waals surface area contributed by atoms with Crippen molar-refractivity contribution in [3.63, 3.8) is 0 Å². The second kappa shape index (κ2) is 6.67. The number of aliphatic imine (C=N–C) groups is 1. The van der Waals surface area contributed by atoms with Crippen LogP contribution < -0.4 is 15.5 Å². The van der Waals surface area contributed by atoms with Crippen LogP contribution in [0.1, 0.15) is 42.3 Å². The minimum absolute atomic E-state index is 0.0762. The summed E-state index contributed by atoms with van der Waals surface area (Å²) in [6.07, 6.45) is -0.279. The molecule has 6 heteroatoms. The van der Waals surface area contributed by atoms with Gasteiger partial charge in [0.05, 0.1) is 11.1 Å². The fourth-order valence-electron chi connectivity index (χ4n) is 3.02. The lowest BCUT2D eigenvalue weighted by Crippen LogP contribution is -2.18. The average molecular weight is 358 g/mol. The average Bonchev–Trinajstić information content (AvgIpc) is 3.24. The largest absolute Gasteiger partial charge is 0.489 e. The molecular formula is C19H20ClN3O2. The summed E-state index contributed by atoms with van der Waals surface area (Å²) in [4.78, 5) is 10.3. The molecule has 0 saturated carbocycles.